The molecular formula is C12H24N2O4S. The van der Waals surface area contributed by atoms with Gasteiger partial charge in [0.2, 0.25) is 5.91 Å². The number of nitrogens with one attached hydrogen (secondary N) is 1. The number of aliphatic hydroxyl groups is 1. The molecule has 1 atom stereocenters. The first-order valence-corrected chi connectivity index (χ1v) is 8.54. The van der Waals surface area contributed by atoms with Crippen molar-refractivity contribution in [2.24, 2.45) is 0 Å². The molecule has 0 aliphatic carbocycles. The molecule has 6 nitrogen and oxygen atoms in total. The number of sulfone groups is 1. The fraction of sp³-hybridized carbons (Fsp3) is 0.917. The standard InChI is InChI=1S/C12H24N2O4S/c1-14(6-3-2-4-7-15)9-12(16)13-11-5-8-19(17,18)10-11/h11,15H,2-10H2,1H3,(H,13,16). The molecule has 2 N–H and O–H groups in total. The van der Waals surface area contributed by atoms with Gasteiger partial charge in [-0.1, -0.05) is 0 Å². The summed E-state index contributed by atoms with van der Waals surface area (Å²) < 4.78 is 22.5. The fourth-order valence-corrected chi connectivity index (χ4v) is 3.85. The van der Waals surface area contributed by atoms with Crippen LogP contribution >= 0.6 is 0 Å². The van der Waals surface area contributed by atoms with E-state index in [0.717, 1.165) is 25.8 Å². The van der Waals surface area contributed by atoms with Crippen LogP contribution in [-0.4, -0.2) is 68.6 Å². The molecule has 0 bridgehead atoms. The minimum absolute atomic E-state index is 0.0684. The SMILES string of the molecule is CN(CCCCCO)CC(=O)NC1CCS(=O)(=O)C1. The maximum Gasteiger partial charge on any atom is 0.234 e. The first kappa shape index (κ1) is 16.4. The number of amides is 1. The molecule has 19 heavy (non-hydrogen) atoms. The van der Waals surface area contributed by atoms with Crippen molar-refractivity contribution in [2.75, 3.05) is 38.2 Å². The van der Waals surface area contributed by atoms with E-state index in [1.165, 1.54) is 0 Å². The van der Waals surface area contributed by atoms with Gasteiger partial charge in [0.25, 0.3) is 0 Å². The van der Waals surface area contributed by atoms with Crippen molar-refractivity contribution < 1.29 is 18.3 Å². The maximum absolute atomic E-state index is 11.7. The Labute approximate surface area is 115 Å². The van der Waals surface area contributed by atoms with Crippen LogP contribution in [-0.2, 0) is 14.6 Å². The second kappa shape index (κ2) is 7.81. The highest BCUT2D eigenvalue weighted by Gasteiger charge is 2.28. The lowest BCUT2D eigenvalue weighted by molar-refractivity contribution is -0.122. The van der Waals surface area contributed by atoms with Crippen LogP contribution in [0.15, 0.2) is 0 Å². The fourth-order valence-electron chi connectivity index (χ4n) is 2.18. The number of carbonyl (C=O) groups is 1. The van der Waals surface area contributed by atoms with E-state index in [1.807, 2.05) is 11.9 Å². The first-order valence-electron chi connectivity index (χ1n) is 6.72. The Kier molecular flexibility index (Phi) is 6.74. The van der Waals surface area contributed by atoms with E-state index < -0.39 is 9.84 Å². The second-order valence-electron chi connectivity index (χ2n) is 5.19. The van der Waals surface area contributed by atoms with E-state index >= 15 is 0 Å². The monoisotopic (exact) mass is 292 g/mol. The summed E-state index contributed by atoms with van der Waals surface area (Å²) >= 11 is 0. The van der Waals surface area contributed by atoms with Gasteiger partial charge in [0.15, 0.2) is 9.84 Å². The van der Waals surface area contributed by atoms with E-state index in [2.05, 4.69) is 5.32 Å². The van der Waals surface area contributed by atoms with Crippen molar-refractivity contribution in [3.8, 4) is 0 Å². The number of hydrogen-bond donors (Lipinski definition) is 2. The Hall–Kier alpha value is -0.660. The third-order valence-electron chi connectivity index (χ3n) is 3.21. The number of nitrogens with zero attached hydrogens (tertiary/aromatic N) is 1. The van der Waals surface area contributed by atoms with Crippen LogP contribution in [0, 0.1) is 0 Å². The Morgan fingerprint density at radius 3 is 2.68 bits per heavy atom. The van der Waals surface area contributed by atoms with Gasteiger partial charge in [-0.15, -0.1) is 0 Å². The Morgan fingerprint density at radius 2 is 2.11 bits per heavy atom. The van der Waals surface area contributed by atoms with Gasteiger partial charge in [0.1, 0.15) is 0 Å². The summed E-state index contributed by atoms with van der Waals surface area (Å²) in [6.45, 7) is 1.30. The molecule has 1 aliphatic rings. The molecule has 0 saturated carbocycles. The number of hydrogen-bond acceptors (Lipinski definition) is 5. The minimum Gasteiger partial charge on any atom is -0.396 e. The van der Waals surface area contributed by atoms with E-state index in [4.69, 9.17) is 5.11 Å². The predicted octanol–water partition coefficient (Wildman–Crippen LogP) is -0.616. The van der Waals surface area contributed by atoms with Crippen LogP contribution in [0.2, 0.25) is 0 Å². The molecule has 1 saturated heterocycles. The van der Waals surface area contributed by atoms with Crippen molar-refractivity contribution in [3.05, 3.63) is 0 Å². The van der Waals surface area contributed by atoms with Gasteiger partial charge in [-0.25, -0.2) is 8.42 Å². The average Bonchev–Trinajstić information content (AvgIpc) is 2.64. The summed E-state index contributed by atoms with van der Waals surface area (Å²) in [7, 11) is -1.08. The van der Waals surface area contributed by atoms with Crippen LogP contribution in [0.4, 0.5) is 0 Å². The largest absolute Gasteiger partial charge is 0.396 e. The third-order valence-corrected chi connectivity index (χ3v) is 4.98. The molecule has 0 aromatic carbocycles. The summed E-state index contributed by atoms with van der Waals surface area (Å²) in [5.41, 5.74) is 0. The molecule has 0 spiro atoms. The molecule has 1 fully saturated rings. The molecule has 0 radical (unpaired) electrons. The highest BCUT2D eigenvalue weighted by atomic mass is 32.2. The van der Waals surface area contributed by atoms with Crippen LogP contribution < -0.4 is 5.32 Å². The highest BCUT2D eigenvalue weighted by molar-refractivity contribution is 7.91. The van der Waals surface area contributed by atoms with E-state index in [1.54, 1.807) is 0 Å². The molecular weight excluding hydrogens is 268 g/mol. The van der Waals surface area contributed by atoms with Crippen LogP contribution in [0.1, 0.15) is 25.7 Å². The zero-order valence-corrected chi connectivity index (χ0v) is 12.3. The molecule has 1 heterocycles. The molecule has 1 aliphatic heterocycles. The van der Waals surface area contributed by atoms with Gasteiger partial charge in [-0.2, -0.15) is 0 Å². The summed E-state index contributed by atoms with van der Waals surface area (Å²) in [6.07, 6.45) is 3.21. The Morgan fingerprint density at radius 1 is 1.37 bits per heavy atom. The van der Waals surface area contributed by atoms with Gasteiger partial charge in [0.05, 0.1) is 18.1 Å². The zero-order valence-electron chi connectivity index (χ0n) is 11.5. The van der Waals surface area contributed by atoms with Gasteiger partial charge in [-0.3, -0.25) is 9.69 Å². The number of rotatable bonds is 8. The van der Waals surface area contributed by atoms with E-state index in [-0.39, 0.29) is 36.6 Å². The van der Waals surface area contributed by atoms with Gasteiger partial charge in [0, 0.05) is 12.6 Å². The van der Waals surface area contributed by atoms with E-state index in [0.29, 0.717) is 6.42 Å². The quantitative estimate of drug-likeness (QED) is 0.583. The van der Waals surface area contributed by atoms with E-state index in [9.17, 15) is 13.2 Å². The minimum atomic E-state index is -2.94. The number of unbranched alkanes of at least 4 members (excludes halogenated alkanes) is 2. The smallest absolute Gasteiger partial charge is 0.234 e. The zero-order chi connectivity index (χ0) is 14.3. The lowest BCUT2D eigenvalue weighted by atomic mass is 10.2. The average molecular weight is 292 g/mol. The van der Waals surface area contributed by atoms with Crippen molar-refractivity contribution in [2.45, 2.75) is 31.7 Å². The number of carbonyl (C=O) groups excluding carboxylic acids is 1. The summed E-state index contributed by atoms with van der Waals surface area (Å²) in [4.78, 5) is 13.6. The van der Waals surface area contributed by atoms with Gasteiger partial charge >= 0.3 is 0 Å². The molecule has 1 rings (SSSR count). The number of aliphatic hydroxyl groups excluding tert-OH is 1. The molecule has 1 unspecified atom stereocenters. The Bertz CT molecular complexity index is 383. The van der Waals surface area contributed by atoms with Crippen molar-refractivity contribution in [3.63, 3.8) is 0 Å². The topological polar surface area (TPSA) is 86.7 Å². The van der Waals surface area contributed by atoms with Crippen molar-refractivity contribution >= 4 is 15.7 Å². The first-order chi connectivity index (χ1) is 8.93. The van der Waals surface area contributed by atoms with Crippen molar-refractivity contribution in [1.82, 2.24) is 10.2 Å². The van der Waals surface area contributed by atoms with Crippen LogP contribution in [0.5, 0.6) is 0 Å². The molecule has 7 heteroatoms. The van der Waals surface area contributed by atoms with Gasteiger partial charge < -0.3 is 10.4 Å². The molecule has 112 valence electrons. The summed E-state index contributed by atoms with van der Waals surface area (Å²) in [5, 5.41) is 11.4. The van der Waals surface area contributed by atoms with Crippen LogP contribution in [0.3, 0.4) is 0 Å². The van der Waals surface area contributed by atoms with Crippen LogP contribution in [0.25, 0.3) is 0 Å². The molecule has 1 amide bonds. The third kappa shape index (κ3) is 6.89. The predicted molar refractivity (Wildman–Crippen MR) is 73.6 cm³/mol. The second-order valence-corrected chi connectivity index (χ2v) is 7.42. The number of likely N-dealkylation sites (N-methyl/N-ethyl adjacent to an activating group) is 1. The summed E-state index contributed by atoms with van der Waals surface area (Å²) in [6, 6.07) is -0.222. The van der Waals surface area contributed by atoms with Crippen molar-refractivity contribution in [1.29, 1.82) is 0 Å². The highest BCUT2D eigenvalue weighted by Crippen LogP contribution is 2.11. The normalized spacial score (nSPS) is 21.7. The maximum atomic E-state index is 11.7. The summed E-state index contributed by atoms with van der Waals surface area (Å²) in [5.74, 6) is 0.125. The lowest BCUT2D eigenvalue weighted by Gasteiger charge is -2.17. The molecule has 0 aromatic rings. The Balaban J connectivity index is 2.16. The lowest BCUT2D eigenvalue weighted by Crippen LogP contribution is -2.41. The molecule has 0 aromatic heterocycles. The van der Waals surface area contributed by atoms with Gasteiger partial charge in [-0.05, 0) is 39.3 Å².